The molecule has 0 spiro atoms. The lowest BCUT2D eigenvalue weighted by atomic mass is 9.87. The maximum Gasteiger partial charge on any atom is 0.137 e. The minimum atomic E-state index is -2.39. The minimum Gasteiger partial charge on any atom is -0.402 e. The van der Waals surface area contributed by atoms with E-state index in [0.717, 1.165) is 33.6 Å². The number of nitrogens with zero attached hydrogens (tertiary/aromatic N) is 4. The Kier molecular flexibility index (Phi) is 11.0. The zero-order valence-electron chi connectivity index (χ0n) is 22.6. The van der Waals surface area contributed by atoms with Crippen LogP contribution in [0.5, 0.6) is 0 Å². The fourth-order valence-corrected chi connectivity index (χ4v) is 7.11. The number of allylic oxidation sites excluding steroid dienone is 1. The average molecular weight is 559 g/mol. The van der Waals surface area contributed by atoms with Crippen LogP contribution in [0, 0.1) is 11.3 Å². The maximum atomic E-state index is 12.4. The summed E-state index contributed by atoms with van der Waals surface area (Å²) in [7, 11) is 0. The first kappa shape index (κ1) is 30.6. The van der Waals surface area contributed by atoms with Gasteiger partial charge in [0.1, 0.15) is 18.2 Å². The van der Waals surface area contributed by atoms with Crippen molar-refractivity contribution in [1.82, 2.24) is 4.98 Å². The number of benzene rings is 1. The maximum absolute atomic E-state index is 12.4. The summed E-state index contributed by atoms with van der Waals surface area (Å²) in [5.74, 6) is 0.354. The molecule has 1 heterocycles. The first-order valence-corrected chi connectivity index (χ1v) is 16.5. The Labute approximate surface area is 229 Å². The molecular formula is C27H36ClN6OPS. The van der Waals surface area contributed by atoms with Gasteiger partial charge in [-0.25, -0.2) is 0 Å². The van der Waals surface area contributed by atoms with Crippen molar-refractivity contribution in [2.75, 3.05) is 19.9 Å². The van der Waals surface area contributed by atoms with Gasteiger partial charge in [-0.3, -0.25) is 15.0 Å². The van der Waals surface area contributed by atoms with E-state index < -0.39 is 6.34 Å². The number of rotatable bonds is 10. The highest BCUT2D eigenvalue weighted by Gasteiger charge is 2.23. The summed E-state index contributed by atoms with van der Waals surface area (Å²) < 4.78 is 12.4. The van der Waals surface area contributed by atoms with E-state index in [0.29, 0.717) is 46.4 Å². The molecule has 1 unspecified atom stereocenters. The van der Waals surface area contributed by atoms with Crippen molar-refractivity contribution in [1.29, 1.82) is 5.26 Å². The van der Waals surface area contributed by atoms with Gasteiger partial charge in [0.15, 0.2) is 0 Å². The van der Waals surface area contributed by atoms with Crippen LogP contribution in [0.3, 0.4) is 0 Å². The second-order valence-electron chi connectivity index (χ2n) is 9.10. The summed E-state index contributed by atoms with van der Waals surface area (Å²) in [5.41, 5.74) is 17.9. The van der Waals surface area contributed by atoms with Gasteiger partial charge in [-0.15, -0.1) is 0 Å². The molecule has 0 saturated heterocycles. The van der Waals surface area contributed by atoms with E-state index in [2.05, 4.69) is 23.0 Å². The summed E-state index contributed by atoms with van der Waals surface area (Å²) in [5, 5.41) is 10.4. The van der Waals surface area contributed by atoms with Crippen molar-refractivity contribution in [2.45, 2.75) is 58.4 Å². The molecule has 37 heavy (non-hydrogen) atoms. The molecule has 0 fully saturated rings. The van der Waals surface area contributed by atoms with Crippen LogP contribution in [0.4, 0.5) is 0 Å². The monoisotopic (exact) mass is 558 g/mol. The number of nitriles is 1. The SMILES string of the molecule is CCCc1c(C(C)N=C(C)C(C(N)=NCC)=C(C)N)cc(Cl)c(C#N)c1-c1cncc(SP(C)(C)=O)c1. The van der Waals surface area contributed by atoms with Crippen molar-refractivity contribution < 1.29 is 4.57 Å². The van der Waals surface area contributed by atoms with E-state index in [1.807, 2.05) is 32.9 Å². The van der Waals surface area contributed by atoms with Crippen LogP contribution in [0.25, 0.3) is 11.1 Å². The fourth-order valence-electron chi connectivity index (χ4n) is 4.24. The highest BCUT2D eigenvalue weighted by Crippen LogP contribution is 2.55. The Hall–Kier alpha value is -2.59. The number of aromatic nitrogens is 1. The van der Waals surface area contributed by atoms with Gasteiger partial charge in [0.25, 0.3) is 0 Å². The predicted molar refractivity (Wildman–Crippen MR) is 159 cm³/mol. The van der Waals surface area contributed by atoms with Gasteiger partial charge in [-0.1, -0.05) is 36.3 Å². The summed E-state index contributed by atoms with van der Waals surface area (Å²) >= 11 is 7.97. The molecule has 0 aliphatic carbocycles. The van der Waals surface area contributed by atoms with Crippen LogP contribution in [-0.2, 0) is 11.0 Å². The Morgan fingerprint density at radius 2 is 1.92 bits per heavy atom. The first-order valence-electron chi connectivity index (χ1n) is 12.1. The summed E-state index contributed by atoms with van der Waals surface area (Å²) in [6, 6.07) is 5.74. The lowest BCUT2D eigenvalue weighted by molar-refractivity contribution is 0.591. The molecule has 0 amide bonds. The van der Waals surface area contributed by atoms with E-state index in [1.165, 1.54) is 11.4 Å². The number of pyridine rings is 1. The summed E-state index contributed by atoms with van der Waals surface area (Å²) in [6.07, 6.45) is 2.58. The fraction of sp³-hybridized carbons (Fsp3) is 0.407. The zero-order chi connectivity index (χ0) is 27.9. The van der Waals surface area contributed by atoms with Crippen LogP contribution in [0.2, 0.25) is 5.02 Å². The van der Waals surface area contributed by atoms with Crippen LogP contribution >= 0.6 is 29.3 Å². The van der Waals surface area contributed by atoms with Gasteiger partial charge in [-0.2, -0.15) is 5.26 Å². The molecule has 2 rings (SSSR count). The third-order valence-corrected chi connectivity index (χ3v) is 8.66. The predicted octanol–water partition coefficient (Wildman–Crippen LogP) is 6.99. The van der Waals surface area contributed by atoms with Gasteiger partial charge in [-0.05, 0) is 70.7 Å². The zero-order valence-corrected chi connectivity index (χ0v) is 25.1. The Morgan fingerprint density at radius 3 is 2.46 bits per heavy atom. The van der Waals surface area contributed by atoms with Crippen LogP contribution in [-0.4, -0.2) is 36.4 Å². The highest BCUT2D eigenvalue weighted by molar-refractivity contribution is 8.57. The summed E-state index contributed by atoms with van der Waals surface area (Å²) in [6.45, 7) is 13.6. The standard InChI is InChI=1S/C27H36ClN6OPS/c1-8-10-21-22(17(4)34-18(5)25(16(3)30)27(31)33-9-2)12-24(28)23(13-29)26(21)19-11-20(15-32-14-19)37-36(6,7)35/h11-12,14-15,17H,8-10,30H2,1-7H3,(H2,31,33). The third kappa shape index (κ3) is 7.95. The molecule has 0 bridgehead atoms. The topological polar surface area (TPSA) is 131 Å². The van der Waals surface area contributed by atoms with E-state index >= 15 is 0 Å². The van der Waals surface area contributed by atoms with Crippen molar-refractivity contribution in [3.05, 3.63) is 57.5 Å². The number of hydrogen-bond acceptors (Lipinski definition) is 7. The Balaban J connectivity index is 2.79. The smallest absolute Gasteiger partial charge is 0.137 e. The molecule has 4 N–H and O–H groups in total. The molecule has 1 aromatic heterocycles. The van der Waals surface area contributed by atoms with Crippen molar-refractivity contribution in [2.24, 2.45) is 21.5 Å². The van der Waals surface area contributed by atoms with Crippen LogP contribution < -0.4 is 11.5 Å². The normalized spacial score (nSPS) is 14.2. The Morgan fingerprint density at radius 1 is 1.24 bits per heavy atom. The number of nitrogens with two attached hydrogens (primary N) is 2. The second-order valence-corrected chi connectivity index (χ2v) is 15.8. The average Bonchev–Trinajstić information content (AvgIpc) is 2.78. The molecule has 198 valence electrons. The molecule has 2 aromatic rings. The molecule has 0 aliphatic rings. The van der Waals surface area contributed by atoms with Gasteiger partial charge < -0.3 is 16.0 Å². The lowest BCUT2D eigenvalue weighted by Gasteiger charge is -2.21. The number of hydrogen-bond donors (Lipinski definition) is 2. The van der Waals surface area contributed by atoms with E-state index in [9.17, 15) is 9.83 Å². The quantitative estimate of drug-likeness (QED) is 0.183. The van der Waals surface area contributed by atoms with Crippen LogP contribution in [0.15, 0.2) is 50.7 Å². The third-order valence-electron chi connectivity index (χ3n) is 5.54. The van der Waals surface area contributed by atoms with E-state index in [1.54, 1.807) is 32.6 Å². The molecule has 10 heteroatoms. The van der Waals surface area contributed by atoms with Crippen molar-refractivity contribution in [3.63, 3.8) is 0 Å². The number of aliphatic imine (C=N–C) groups is 2. The minimum absolute atomic E-state index is 0.300. The van der Waals surface area contributed by atoms with Gasteiger partial charge in [0, 0.05) is 46.4 Å². The van der Waals surface area contributed by atoms with Crippen LogP contribution in [0.1, 0.15) is 63.8 Å². The van der Waals surface area contributed by atoms with E-state index in [-0.39, 0.29) is 6.04 Å². The van der Waals surface area contributed by atoms with Crippen molar-refractivity contribution >= 4 is 40.9 Å². The molecule has 0 aliphatic heterocycles. The molecule has 0 saturated carbocycles. The van der Waals surface area contributed by atoms with Crippen molar-refractivity contribution in [3.8, 4) is 17.2 Å². The molecule has 0 radical (unpaired) electrons. The number of amidine groups is 1. The van der Waals surface area contributed by atoms with Gasteiger partial charge >= 0.3 is 0 Å². The molecule has 7 nitrogen and oxygen atoms in total. The lowest BCUT2D eigenvalue weighted by Crippen LogP contribution is -2.24. The molecule has 1 atom stereocenters. The second kappa shape index (κ2) is 13.3. The highest BCUT2D eigenvalue weighted by atomic mass is 35.5. The Bertz CT molecular complexity index is 1340. The number of halogens is 1. The van der Waals surface area contributed by atoms with Gasteiger partial charge in [0.05, 0.1) is 22.2 Å². The largest absolute Gasteiger partial charge is 0.402 e. The molecular weight excluding hydrogens is 523 g/mol. The first-order chi connectivity index (χ1) is 17.3. The van der Waals surface area contributed by atoms with Gasteiger partial charge in [0.2, 0.25) is 0 Å². The van der Waals surface area contributed by atoms with E-state index in [4.69, 9.17) is 28.1 Å². The summed E-state index contributed by atoms with van der Waals surface area (Å²) in [4.78, 5) is 14.4. The molecule has 1 aromatic carbocycles.